The van der Waals surface area contributed by atoms with Crippen LogP contribution in [-0.2, 0) is 9.31 Å². The molecule has 0 saturated carbocycles. The fourth-order valence-corrected chi connectivity index (χ4v) is 3.10. The van der Waals surface area contributed by atoms with Crippen LogP contribution in [0.25, 0.3) is 0 Å². The van der Waals surface area contributed by atoms with Crippen LogP contribution in [0, 0.1) is 11.7 Å². The maximum Gasteiger partial charge on any atom is 0.495 e. The molecule has 1 aromatic rings. The lowest BCUT2D eigenvalue weighted by Crippen LogP contribution is -2.41. The number of ether oxygens (including phenoxy) is 1. The predicted octanol–water partition coefficient (Wildman–Crippen LogP) is 2.98. The minimum absolute atomic E-state index is 0.335. The second kappa shape index (κ2) is 5.92. The summed E-state index contributed by atoms with van der Waals surface area (Å²) in [6, 6.07) is 3.42. The molecule has 0 atom stereocenters. The molecule has 2 aliphatic rings. The monoisotopic (exact) mass is 335 g/mol. The molecule has 0 N–H and O–H groups in total. The van der Waals surface area contributed by atoms with Gasteiger partial charge in [0.2, 0.25) is 0 Å². The Balaban J connectivity index is 1.96. The smallest absolute Gasteiger partial charge is 0.486 e. The van der Waals surface area contributed by atoms with Gasteiger partial charge in [-0.1, -0.05) is 13.8 Å². The van der Waals surface area contributed by atoms with E-state index in [9.17, 15) is 4.39 Å². The summed E-state index contributed by atoms with van der Waals surface area (Å²) in [6.07, 6.45) is 0. The van der Waals surface area contributed by atoms with E-state index in [-0.39, 0.29) is 5.82 Å². The van der Waals surface area contributed by atoms with Gasteiger partial charge >= 0.3 is 7.12 Å². The van der Waals surface area contributed by atoms with Crippen molar-refractivity contribution < 1.29 is 18.4 Å². The van der Waals surface area contributed by atoms with E-state index >= 15 is 0 Å². The number of rotatable bonds is 3. The van der Waals surface area contributed by atoms with Gasteiger partial charge in [-0.3, -0.25) is 0 Å². The molecule has 4 nitrogen and oxygen atoms in total. The van der Waals surface area contributed by atoms with E-state index in [1.165, 1.54) is 6.07 Å². The standard InChI is InChI=1S/C18H27BFNO3/c1-12(2)11-21-7-8-22-16-14(20)9-13(10-15(16)21)19-23-17(3,4)18(5,6)24-19/h9-10,12H,7-8,11H2,1-6H3. The van der Waals surface area contributed by atoms with Crippen LogP contribution in [0.5, 0.6) is 5.75 Å². The predicted molar refractivity (Wildman–Crippen MR) is 94.7 cm³/mol. The van der Waals surface area contributed by atoms with Crippen molar-refractivity contribution in [2.45, 2.75) is 52.7 Å². The van der Waals surface area contributed by atoms with E-state index < -0.39 is 18.3 Å². The van der Waals surface area contributed by atoms with Gasteiger partial charge in [0.05, 0.1) is 23.4 Å². The van der Waals surface area contributed by atoms with Crippen LogP contribution in [0.15, 0.2) is 12.1 Å². The number of anilines is 1. The maximum atomic E-state index is 14.6. The van der Waals surface area contributed by atoms with E-state index in [1.54, 1.807) is 0 Å². The Hall–Kier alpha value is -1.27. The lowest BCUT2D eigenvalue weighted by molar-refractivity contribution is 0.00578. The van der Waals surface area contributed by atoms with Crippen LogP contribution in [0.4, 0.5) is 10.1 Å². The molecule has 0 unspecified atom stereocenters. The zero-order valence-electron chi connectivity index (χ0n) is 15.5. The summed E-state index contributed by atoms with van der Waals surface area (Å²) in [7, 11) is -0.572. The Morgan fingerprint density at radius 2 is 1.79 bits per heavy atom. The van der Waals surface area contributed by atoms with Gasteiger partial charge in [-0.15, -0.1) is 0 Å². The average Bonchev–Trinajstić information content (AvgIpc) is 2.67. The summed E-state index contributed by atoms with van der Waals surface area (Å²) >= 11 is 0. The Kier molecular flexibility index (Phi) is 4.33. The van der Waals surface area contributed by atoms with E-state index in [0.717, 1.165) is 18.8 Å². The van der Waals surface area contributed by atoms with Crippen molar-refractivity contribution >= 4 is 18.3 Å². The zero-order valence-corrected chi connectivity index (χ0v) is 15.5. The minimum Gasteiger partial charge on any atom is -0.486 e. The van der Waals surface area contributed by atoms with Crippen molar-refractivity contribution in [1.29, 1.82) is 0 Å². The van der Waals surface area contributed by atoms with Gasteiger partial charge in [0.1, 0.15) is 6.61 Å². The van der Waals surface area contributed by atoms with Gasteiger partial charge in [0.15, 0.2) is 11.6 Å². The summed E-state index contributed by atoms with van der Waals surface area (Å²) < 4.78 is 32.3. The molecule has 24 heavy (non-hydrogen) atoms. The highest BCUT2D eigenvalue weighted by Crippen LogP contribution is 2.38. The Morgan fingerprint density at radius 3 is 2.38 bits per heavy atom. The second-order valence-corrected chi connectivity index (χ2v) is 8.13. The molecule has 3 rings (SSSR count). The highest BCUT2D eigenvalue weighted by atomic mass is 19.1. The molecule has 0 aliphatic carbocycles. The van der Waals surface area contributed by atoms with E-state index in [4.69, 9.17) is 14.0 Å². The van der Waals surface area contributed by atoms with Crippen LogP contribution >= 0.6 is 0 Å². The third kappa shape index (κ3) is 3.02. The molecular formula is C18H27BFNO3. The molecule has 0 radical (unpaired) electrons. The molecule has 0 aromatic heterocycles. The average molecular weight is 335 g/mol. The largest absolute Gasteiger partial charge is 0.495 e. The van der Waals surface area contributed by atoms with E-state index in [1.807, 2.05) is 33.8 Å². The maximum absolute atomic E-state index is 14.6. The zero-order chi connectivity index (χ0) is 17.7. The molecule has 2 heterocycles. The molecule has 0 spiro atoms. The Morgan fingerprint density at radius 1 is 1.17 bits per heavy atom. The number of hydrogen-bond acceptors (Lipinski definition) is 4. The SMILES string of the molecule is CC(C)CN1CCOc2c(F)cc(B3OC(C)(C)C(C)(C)O3)cc21. The van der Waals surface area contributed by atoms with E-state index in [2.05, 4.69) is 18.7 Å². The van der Waals surface area contributed by atoms with Crippen molar-refractivity contribution in [3.05, 3.63) is 17.9 Å². The fourth-order valence-electron chi connectivity index (χ4n) is 3.10. The molecule has 0 bridgehead atoms. The molecule has 1 fully saturated rings. The lowest BCUT2D eigenvalue weighted by Gasteiger charge is -2.33. The second-order valence-electron chi connectivity index (χ2n) is 8.13. The van der Waals surface area contributed by atoms with Gasteiger partial charge in [-0.25, -0.2) is 4.39 Å². The minimum atomic E-state index is -0.572. The van der Waals surface area contributed by atoms with Crippen LogP contribution < -0.4 is 15.1 Å². The Labute approximate surface area is 144 Å². The van der Waals surface area contributed by atoms with Crippen LogP contribution in [0.1, 0.15) is 41.5 Å². The van der Waals surface area contributed by atoms with Gasteiger partial charge in [-0.2, -0.15) is 0 Å². The first kappa shape index (κ1) is 17.6. The van der Waals surface area contributed by atoms with Crippen molar-refractivity contribution in [3.8, 4) is 5.75 Å². The lowest BCUT2D eigenvalue weighted by atomic mass is 9.78. The fraction of sp³-hybridized carbons (Fsp3) is 0.667. The van der Waals surface area contributed by atoms with Gasteiger partial charge in [-0.05, 0) is 51.2 Å². The van der Waals surface area contributed by atoms with Crippen molar-refractivity contribution in [3.63, 3.8) is 0 Å². The number of halogens is 1. The first-order valence-corrected chi connectivity index (χ1v) is 8.67. The number of nitrogens with zero attached hydrogens (tertiary/aromatic N) is 1. The molecule has 1 aromatic carbocycles. The first-order chi connectivity index (χ1) is 11.1. The third-order valence-corrected chi connectivity index (χ3v) is 5.11. The van der Waals surface area contributed by atoms with Crippen molar-refractivity contribution in [2.24, 2.45) is 5.92 Å². The molecule has 0 amide bonds. The summed E-state index contributed by atoms with van der Waals surface area (Å²) in [6.45, 7) is 14.4. The van der Waals surface area contributed by atoms with Crippen LogP contribution in [-0.4, -0.2) is 38.0 Å². The third-order valence-electron chi connectivity index (χ3n) is 5.11. The van der Waals surface area contributed by atoms with Crippen LogP contribution in [0.3, 0.4) is 0 Å². The van der Waals surface area contributed by atoms with Crippen LogP contribution in [0.2, 0.25) is 0 Å². The molecule has 6 heteroatoms. The van der Waals surface area contributed by atoms with E-state index in [0.29, 0.717) is 23.7 Å². The molecule has 1 saturated heterocycles. The Bertz CT molecular complexity index is 617. The molecular weight excluding hydrogens is 308 g/mol. The highest BCUT2D eigenvalue weighted by Gasteiger charge is 2.52. The van der Waals surface area contributed by atoms with Crippen molar-refractivity contribution in [1.82, 2.24) is 0 Å². The highest BCUT2D eigenvalue weighted by molar-refractivity contribution is 6.62. The summed E-state index contributed by atoms with van der Waals surface area (Å²) in [5.74, 6) is 0.465. The molecule has 2 aliphatic heterocycles. The number of benzene rings is 1. The number of fused-ring (bicyclic) bond motifs is 1. The summed E-state index contributed by atoms with van der Waals surface area (Å²) in [5, 5.41) is 0. The normalized spacial score (nSPS) is 21.8. The van der Waals surface area contributed by atoms with Gasteiger partial charge in [0, 0.05) is 6.54 Å². The van der Waals surface area contributed by atoms with Gasteiger partial charge < -0.3 is 18.9 Å². The first-order valence-electron chi connectivity index (χ1n) is 8.67. The topological polar surface area (TPSA) is 30.9 Å². The van der Waals surface area contributed by atoms with Gasteiger partial charge in [0.25, 0.3) is 0 Å². The summed E-state index contributed by atoms with van der Waals surface area (Å²) in [4.78, 5) is 2.18. The van der Waals surface area contributed by atoms with Crippen molar-refractivity contribution in [2.75, 3.05) is 24.6 Å². The molecule has 132 valence electrons. The summed E-state index contributed by atoms with van der Waals surface area (Å²) in [5.41, 5.74) is 0.597. The quantitative estimate of drug-likeness (QED) is 0.795. The number of hydrogen-bond donors (Lipinski definition) is 0.